The van der Waals surface area contributed by atoms with E-state index in [4.69, 9.17) is 0 Å². The van der Waals surface area contributed by atoms with E-state index in [0.29, 0.717) is 11.5 Å². The Bertz CT molecular complexity index is 709. The van der Waals surface area contributed by atoms with E-state index in [0.717, 1.165) is 49.3 Å². The first-order valence-electron chi connectivity index (χ1n) is 7.26. The lowest BCUT2D eigenvalue weighted by Crippen LogP contribution is -2.36. The number of fused-ring (bicyclic) bond motifs is 1. The molecule has 0 N–H and O–H groups in total. The zero-order valence-corrected chi connectivity index (χ0v) is 12.8. The van der Waals surface area contributed by atoms with Crippen molar-refractivity contribution in [2.45, 2.75) is 32.7 Å². The van der Waals surface area contributed by atoms with Gasteiger partial charge < -0.3 is 4.79 Å². The Morgan fingerprint density at radius 1 is 1.52 bits per heavy atom. The summed E-state index contributed by atoms with van der Waals surface area (Å²) in [5, 5.41) is 5.16. The monoisotopic (exact) mass is 306 g/mol. The van der Waals surface area contributed by atoms with Crippen molar-refractivity contribution in [3.63, 3.8) is 0 Å². The number of aryl methyl sites for hydroxylation is 1. The molecule has 112 valence electrons. The van der Waals surface area contributed by atoms with Crippen molar-refractivity contribution in [1.29, 1.82) is 0 Å². The normalized spacial score (nSPS) is 20.0. The van der Waals surface area contributed by atoms with Crippen LogP contribution in [0, 0.1) is 5.92 Å². The molecule has 0 amide bonds. The Hall–Kier alpha value is -1.60. The molecule has 1 atom stereocenters. The summed E-state index contributed by atoms with van der Waals surface area (Å²) in [6, 6.07) is 1.55. The molecule has 0 spiro atoms. The van der Waals surface area contributed by atoms with E-state index in [1.165, 1.54) is 15.9 Å². The zero-order valence-electron chi connectivity index (χ0n) is 12.0. The molecule has 1 fully saturated rings. The summed E-state index contributed by atoms with van der Waals surface area (Å²) in [6.45, 7) is 4.34. The van der Waals surface area contributed by atoms with Crippen molar-refractivity contribution in [2.75, 3.05) is 13.1 Å². The van der Waals surface area contributed by atoms with E-state index >= 15 is 0 Å². The van der Waals surface area contributed by atoms with Gasteiger partial charge in [-0.05, 0) is 25.8 Å². The molecular formula is C14H18N4O2S. The van der Waals surface area contributed by atoms with Gasteiger partial charge in [-0.2, -0.15) is 9.61 Å². The second-order valence-corrected chi connectivity index (χ2v) is 6.44. The smallest absolute Gasteiger partial charge is 0.275 e. The summed E-state index contributed by atoms with van der Waals surface area (Å²) in [6.07, 6.45) is 3.82. The predicted octanol–water partition coefficient (Wildman–Crippen LogP) is 1.12. The van der Waals surface area contributed by atoms with Crippen molar-refractivity contribution in [3.05, 3.63) is 27.1 Å². The van der Waals surface area contributed by atoms with Gasteiger partial charge in [-0.1, -0.05) is 18.3 Å². The Labute approximate surface area is 126 Å². The third kappa shape index (κ3) is 3.03. The van der Waals surface area contributed by atoms with E-state index in [1.54, 1.807) is 6.07 Å². The van der Waals surface area contributed by atoms with E-state index in [-0.39, 0.29) is 11.5 Å². The SMILES string of the molecule is CCc1nn2c(=O)cc(CN3CCCC(C=O)C3)nc2s1. The maximum Gasteiger partial charge on any atom is 0.275 e. The van der Waals surface area contributed by atoms with E-state index in [2.05, 4.69) is 15.0 Å². The third-order valence-corrected chi connectivity index (χ3v) is 4.82. The molecule has 2 aromatic heterocycles. The lowest BCUT2D eigenvalue weighted by Gasteiger charge is -2.29. The molecule has 1 unspecified atom stereocenters. The number of hydrogen-bond donors (Lipinski definition) is 0. The Balaban J connectivity index is 1.83. The summed E-state index contributed by atoms with van der Waals surface area (Å²) in [4.78, 5) is 30.4. The summed E-state index contributed by atoms with van der Waals surface area (Å²) in [5.74, 6) is 0.110. The number of rotatable bonds is 4. The molecule has 3 heterocycles. The molecule has 0 radical (unpaired) electrons. The highest BCUT2D eigenvalue weighted by Gasteiger charge is 2.20. The van der Waals surface area contributed by atoms with Gasteiger partial charge in [0, 0.05) is 25.1 Å². The molecule has 2 aromatic rings. The second kappa shape index (κ2) is 6.03. The van der Waals surface area contributed by atoms with Crippen LogP contribution in [0.25, 0.3) is 4.96 Å². The minimum Gasteiger partial charge on any atom is -0.303 e. The Morgan fingerprint density at radius 2 is 2.38 bits per heavy atom. The highest BCUT2D eigenvalue weighted by Crippen LogP contribution is 2.17. The minimum atomic E-state index is -0.130. The molecule has 7 heteroatoms. The highest BCUT2D eigenvalue weighted by atomic mass is 32.1. The molecule has 0 saturated carbocycles. The fraction of sp³-hybridized carbons (Fsp3) is 0.571. The van der Waals surface area contributed by atoms with Crippen LogP contribution in [0.3, 0.4) is 0 Å². The van der Waals surface area contributed by atoms with Gasteiger partial charge in [-0.15, -0.1) is 0 Å². The van der Waals surface area contributed by atoms with E-state index < -0.39 is 0 Å². The van der Waals surface area contributed by atoms with Crippen LogP contribution in [0.2, 0.25) is 0 Å². The maximum absolute atomic E-state index is 12.1. The number of carbonyl (C=O) groups excluding carboxylic acids is 1. The van der Waals surface area contributed by atoms with Gasteiger partial charge in [-0.25, -0.2) is 4.98 Å². The summed E-state index contributed by atoms with van der Waals surface area (Å²) in [7, 11) is 0. The molecule has 1 aliphatic rings. The fourth-order valence-corrected chi connectivity index (χ4v) is 3.55. The predicted molar refractivity (Wildman–Crippen MR) is 80.6 cm³/mol. The van der Waals surface area contributed by atoms with Crippen LogP contribution in [-0.4, -0.2) is 38.9 Å². The van der Waals surface area contributed by atoms with Crippen LogP contribution >= 0.6 is 11.3 Å². The van der Waals surface area contributed by atoms with Crippen LogP contribution in [0.1, 0.15) is 30.5 Å². The van der Waals surface area contributed by atoms with Crippen molar-refractivity contribution in [1.82, 2.24) is 19.5 Å². The largest absolute Gasteiger partial charge is 0.303 e. The third-order valence-electron chi connectivity index (χ3n) is 3.76. The topological polar surface area (TPSA) is 67.6 Å². The molecule has 0 aliphatic carbocycles. The van der Waals surface area contributed by atoms with E-state index in [1.807, 2.05) is 6.92 Å². The molecule has 1 aliphatic heterocycles. The number of carbonyl (C=O) groups is 1. The molecular weight excluding hydrogens is 288 g/mol. The van der Waals surface area contributed by atoms with Crippen molar-refractivity contribution < 1.29 is 4.79 Å². The summed E-state index contributed by atoms with van der Waals surface area (Å²) in [5.41, 5.74) is 0.632. The van der Waals surface area contributed by atoms with Gasteiger partial charge >= 0.3 is 0 Å². The van der Waals surface area contributed by atoms with Crippen LogP contribution in [0.5, 0.6) is 0 Å². The summed E-state index contributed by atoms with van der Waals surface area (Å²) >= 11 is 1.46. The average molecular weight is 306 g/mol. The van der Waals surface area contributed by atoms with E-state index in [9.17, 15) is 9.59 Å². The lowest BCUT2D eigenvalue weighted by molar-refractivity contribution is -0.112. The Kier molecular flexibility index (Phi) is 4.12. The average Bonchev–Trinajstić information content (AvgIpc) is 2.91. The van der Waals surface area contributed by atoms with Gasteiger partial charge in [0.05, 0.1) is 5.69 Å². The van der Waals surface area contributed by atoms with Crippen LogP contribution in [0.15, 0.2) is 10.9 Å². The fourth-order valence-electron chi connectivity index (χ4n) is 2.69. The van der Waals surface area contributed by atoms with Crippen LogP contribution in [-0.2, 0) is 17.8 Å². The number of nitrogens with zero attached hydrogens (tertiary/aromatic N) is 4. The molecule has 1 saturated heterocycles. The van der Waals surface area contributed by atoms with Crippen molar-refractivity contribution in [2.24, 2.45) is 5.92 Å². The Morgan fingerprint density at radius 3 is 3.14 bits per heavy atom. The van der Waals surface area contributed by atoms with Gasteiger partial charge in [0.15, 0.2) is 0 Å². The standard InChI is InChI=1S/C14H18N4O2S/c1-2-12-16-18-13(20)6-11(15-14(18)21-12)8-17-5-3-4-10(7-17)9-19/h6,9-10H,2-5,7-8H2,1H3. The summed E-state index contributed by atoms with van der Waals surface area (Å²) < 4.78 is 1.37. The minimum absolute atomic E-state index is 0.110. The number of aromatic nitrogens is 3. The molecule has 21 heavy (non-hydrogen) atoms. The molecule has 3 rings (SSSR count). The number of likely N-dealkylation sites (tertiary alicyclic amines) is 1. The first-order valence-corrected chi connectivity index (χ1v) is 8.07. The highest BCUT2D eigenvalue weighted by molar-refractivity contribution is 7.16. The first kappa shape index (κ1) is 14.3. The van der Waals surface area contributed by atoms with Gasteiger partial charge in [0.2, 0.25) is 4.96 Å². The number of piperidine rings is 1. The first-order chi connectivity index (χ1) is 10.2. The quantitative estimate of drug-likeness (QED) is 0.792. The number of hydrogen-bond acceptors (Lipinski definition) is 6. The van der Waals surface area contributed by atoms with Gasteiger partial charge in [0.1, 0.15) is 11.3 Å². The molecule has 0 aromatic carbocycles. The van der Waals surface area contributed by atoms with Crippen LogP contribution in [0.4, 0.5) is 0 Å². The molecule has 6 nitrogen and oxygen atoms in total. The van der Waals surface area contributed by atoms with Crippen LogP contribution < -0.4 is 5.56 Å². The van der Waals surface area contributed by atoms with Crippen molar-refractivity contribution >= 4 is 22.6 Å². The van der Waals surface area contributed by atoms with Gasteiger partial charge in [-0.3, -0.25) is 9.69 Å². The second-order valence-electron chi connectivity index (χ2n) is 5.40. The maximum atomic E-state index is 12.1. The van der Waals surface area contributed by atoms with Gasteiger partial charge in [0.25, 0.3) is 5.56 Å². The zero-order chi connectivity index (χ0) is 14.8. The number of aldehydes is 1. The molecule has 0 bridgehead atoms. The lowest BCUT2D eigenvalue weighted by atomic mass is 10.00. The van der Waals surface area contributed by atoms with Crippen molar-refractivity contribution in [3.8, 4) is 0 Å².